The first-order chi connectivity index (χ1) is 11.9. The molecule has 0 aliphatic carbocycles. The lowest BCUT2D eigenvalue weighted by Crippen LogP contribution is -2.50. The van der Waals surface area contributed by atoms with Gasteiger partial charge in [0.25, 0.3) is 0 Å². The molecular weight excluding hydrogens is 298 g/mol. The van der Waals surface area contributed by atoms with E-state index in [1.807, 2.05) is 0 Å². The number of aryl methyl sites for hydroxylation is 1. The summed E-state index contributed by atoms with van der Waals surface area (Å²) in [4.78, 5) is 0. The van der Waals surface area contributed by atoms with Crippen molar-refractivity contribution in [3.63, 3.8) is 0 Å². The summed E-state index contributed by atoms with van der Waals surface area (Å²) in [5, 5.41) is 3.78. The Morgan fingerprint density at radius 1 is 0.958 bits per heavy atom. The van der Waals surface area contributed by atoms with Gasteiger partial charge in [-0.05, 0) is 57.1 Å². The first-order valence-corrected chi connectivity index (χ1v) is 9.85. The van der Waals surface area contributed by atoms with Gasteiger partial charge in [-0.2, -0.15) is 0 Å². The number of ether oxygens (including phenoxy) is 2. The first kappa shape index (κ1) is 17.9. The standard InChI is InChI=1S/C21H33NO2/c1(4-8-19-9-5-3-6-10-19)2-7-14-22-20-11-15-24-21(18-20)12-16-23-17-13-21/h3,5-6,9-10,20,22H,1-2,4,7-8,11-18H2. The number of nitrogens with one attached hydrogen (secondary N) is 1. The Hall–Kier alpha value is -0.900. The van der Waals surface area contributed by atoms with Crippen molar-refractivity contribution in [2.75, 3.05) is 26.4 Å². The summed E-state index contributed by atoms with van der Waals surface area (Å²) in [7, 11) is 0. The molecule has 1 spiro atoms. The number of unbranched alkanes of at least 4 members (excludes halogenated alkanes) is 3. The number of hydrogen-bond acceptors (Lipinski definition) is 3. The normalized spacial score (nSPS) is 23.4. The van der Waals surface area contributed by atoms with Crippen LogP contribution in [0.5, 0.6) is 0 Å². The third-order valence-corrected chi connectivity index (χ3v) is 5.57. The molecule has 0 saturated carbocycles. The summed E-state index contributed by atoms with van der Waals surface area (Å²) in [6.07, 6.45) is 11.0. The molecule has 0 bridgehead atoms. The second kappa shape index (κ2) is 9.55. The largest absolute Gasteiger partial charge is 0.381 e. The maximum atomic E-state index is 6.12. The Labute approximate surface area is 147 Å². The van der Waals surface area contributed by atoms with Gasteiger partial charge in [0.05, 0.1) is 5.60 Å². The highest BCUT2D eigenvalue weighted by atomic mass is 16.5. The third-order valence-electron chi connectivity index (χ3n) is 5.57. The van der Waals surface area contributed by atoms with E-state index in [9.17, 15) is 0 Å². The van der Waals surface area contributed by atoms with Crippen molar-refractivity contribution in [3.05, 3.63) is 35.9 Å². The van der Waals surface area contributed by atoms with Crippen LogP contribution in [0, 0.1) is 0 Å². The summed E-state index contributed by atoms with van der Waals surface area (Å²) in [5.41, 5.74) is 1.59. The topological polar surface area (TPSA) is 30.5 Å². The Morgan fingerprint density at radius 3 is 2.58 bits per heavy atom. The highest BCUT2D eigenvalue weighted by Crippen LogP contribution is 2.34. The Morgan fingerprint density at radius 2 is 1.75 bits per heavy atom. The molecule has 2 aliphatic rings. The molecule has 3 rings (SSSR count). The number of rotatable bonds is 8. The highest BCUT2D eigenvalue weighted by molar-refractivity contribution is 5.14. The van der Waals surface area contributed by atoms with Crippen molar-refractivity contribution in [1.82, 2.24) is 5.32 Å². The Kier molecular flexibility index (Phi) is 7.13. The molecule has 1 unspecified atom stereocenters. The third kappa shape index (κ3) is 5.58. The van der Waals surface area contributed by atoms with Crippen LogP contribution in [0.4, 0.5) is 0 Å². The molecule has 2 heterocycles. The minimum atomic E-state index is 0.115. The Balaban J connectivity index is 1.24. The van der Waals surface area contributed by atoms with Crippen LogP contribution in [-0.2, 0) is 15.9 Å². The van der Waals surface area contributed by atoms with Gasteiger partial charge in [-0.15, -0.1) is 0 Å². The van der Waals surface area contributed by atoms with E-state index in [2.05, 4.69) is 35.6 Å². The van der Waals surface area contributed by atoms with Crippen molar-refractivity contribution in [2.45, 2.75) is 69.4 Å². The highest BCUT2D eigenvalue weighted by Gasteiger charge is 2.38. The number of hydrogen-bond donors (Lipinski definition) is 1. The zero-order valence-electron chi connectivity index (χ0n) is 15.0. The fraction of sp³-hybridized carbons (Fsp3) is 0.714. The molecular formula is C21H33NO2. The van der Waals surface area contributed by atoms with Crippen LogP contribution < -0.4 is 5.32 Å². The molecule has 0 amide bonds. The minimum absolute atomic E-state index is 0.115. The predicted octanol–water partition coefficient (Wildman–Crippen LogP) is 4.11. The van der Waals surface area contributed by atoms with E-state index in [4.69, 9.17) is 9.47 Å². The van der Waals surface area contributed by atoms with Crippen molar-refractivity contribution in [3.8, 4) is 0 Å². The van der Waals surface area contributed by atoms with Gasteiger partial charge in [-0.3, -0.25) is 0 Å². The van der Waals surface area contributed by atoms with Crippen LogP contribution in [0.15, 0.2) is 30.3 Å². The van der Waals surface area contributed by atoms with E-state index in [1.165, 1.54) is 44.1 Å². The zero-order chi connectivity index (χ0) is 16.5. The van der Waals surface area contributed by atoms with E-state index < -0.39 is 0 Å². The molecule has 1 aromatic rings. The quantitative estimate of drug-likeness (QED) is 0.727. The zero-order valence-corrected chi connectivity index (χ0v) is 15.0. The van der Waals surface area contributed by atoms with Gasteiger partial charge in [0.15, 0.2) is 0 Å². The molecule has 2 saturated heterocycles. The van der Waals surface area contributed by atoms with Gasteiger partial charge in [-0.25, -0.2) is 0 Å². The van der Waals surface area contributed by atoms with Gasteiger partial charge in [0.2, 0.25) is 0 Å². The summed E-state index contributed by atoms with van der Waals surface area (Å²) in [5.74, 6) is 0. The van der Waals surface area contributed by atoms with Crippen LogP contribution in [0.25, 0.3) is 0 Å². The van der Waals surface area contributed by atoms with E-state index in [-0.39, 0.29) is 5.60 Å². The van der Waals surface area contributed by atoms with Crippen molar-refractivity contribution < 1.29 is 9.47 Å². The maximum Gasteiger partial charge on any atom is 0.0741 e. The van der Waals surface area contributed by atoms with Crippen LogP contribution >= 0.6 is 0 Å². The maximum absolute atomic E-state index is 6.12. The van der Waals surface area contributed by atoms with Gasteiger partial charge >= 0.3 is 0 Å². The molecule has 1 aromatic carbocycles. The summed E-state index contributed by atoms with van der Waals surface area (Å²) >= 11 is 0. The van der Waals surface area contributed by atoms with Gasteiger partial charge < -0.3 is 14.8 Å². The monoisotopic (exact) mass is 331 g/mol. The molecule has 134 valence electrons. The average Bonchev–Trinajstić information content (AvgIpc) is 2.63. The van der Waals surface area contributed by atoms with Crippen molar-refractivity contribution in [2.24, 2.45) is 0 Å². The van der Waals surface area contributed by atoms with E-state index >= 15 is 0 Å². The molecule has 1 N–H and O–H groups in total. The fourth-order valence-electron chi connectivity index (χ4n) is 4.05. The second-order valence-corrected chi connectivity index (χ2v) is 7.44. The molecule has 2 fully saturated rings. The second-order valence-electron chi connectivity index (χ2n) is 7.44. The van der Waals surface area contributed by atoms with E-state index in [0.29, 0.717) is 6.04 Å². The van der Waals surface area contributed by atoms with Crippen molar-refractivity contribution in [1.29, 1.82) is 0 Å². The van der Waals surface area contributed by atoms with Crippen molar-refractivity contribution >= 4 is 0 Å². The van der Waals surface area contributed by atoms with Crippen LogP contribution in [0.2, 0.25) is 0 Å². The molecule has 2 aliphatic heterocycles. The summed E-state index contributed by atoms with van der Waals surface area (Å²) in [6.45, 7) is 3.81. The van der Waals surface area contributed by atoms with E-state index in [0.717, 1.165) is 45.6 Å². The molecule has 3 nitrogen and oxygen atoms in total. The molecule has 24 heavy (non-hydrogen) atoms. The van der Waals surface area contributed by atoms with Gasteiger partial charge in [0, 0.05) is 25.9 Å². The smallest absolute Gasteiger partial charge is 0.0741 e. The van der Waals surface area contributed by atoms with Gasteiger partial charge in [0.1, 0.15) is 0 Å². The van der Waals surface area contributed by atoms with E-state index in [1.54, 1.807) is 0 Å². The lowest BCUT2D eigenvalue weighted by molar-refractivity contribution is -0.140. The molecule has 0 radical (unpaired) electrons. The SMILES string of the molecule is c1ccc(CCCCCCNC2CCOC3(CCOCC3)C2)cc1. The first-order valence-electron chi connectivity index (χ1n) is 9.85. The lowest BCUT2D eigenvalue weighted by atomic mass is 9.84. The predicted molar refractivity (Wildman–Crippen MR) is 98.4 cm³/mol. The average molecular weight is 332 g/mol. The summed E-state index contributed by atoms with van der Waals surface area (Å²) < 4.78 is 11.6. The fourth-order valence-corrected chi connectivity index (χ4v) is 4.05. The number of benzene rings is 1. The molecule has 3 heteroatoms. The molecule has 1 atom stereocenters. The molecule has 0 aromatic heterocycles. The summed E-state index contributed by atoms with van der Waals surface area (Å²) in [6, 6.07) is 11.5. The van der Waals surface area contributed by atoms with Crippen LogP contribution in [0.1, 0.15) is 56.9 Å². The minimum Gasteiger partial charge on any atom is -0.381 e. The van der Waals surface area contributed by atoms with Crippen LogP contribution in [-0.4, -0.2) is 38.0 Å². The Bertz CT molecular complexity index is 451. The van der Waals surface area contributed by atoms with Gasteiger partial charge in [-0.1, -0.05) is 43.2 Å². The lowest BCUT2D eigenvalue weighted by Gasteiger charge is -2.43. The van der Waals surface area contributed by atoms with Crippen LogP contribution in [0.3, 0.4) is 0 Å².